The Labute approximate surface area is 201 Å². The minimum Gasteiger partial charge on any atom is -0.481 e. The lowest BCUT2D eigenvalue weighted by molar-refractivity contribution is -0.213. The number of hydrogen-bond donors (Lipinski definition) is 2. The molecular formula is C30H48O3. The highest BCUT2D eigenvalue weighted by Gasteiger charge is 2.71. The third-order valence-electron chi connectivity index (χ3n) is 12.9. The van der Waals surface area contributed by atoms with E-state index in [1.165, 1.54) is 18.4 Å². The maximum absolute atomic E-state index is 13.5. The molecule has 2 N–H and O–H groups in total. The van der Waals surface area contributed by atoms with Gasteiger partial charge < -0.3 is 10.2 Å². The van der Waals surface area contributed by atoms with Crippen LogP contribution in [0.4, 0.5) is 0 Å². The largest absolute Gasteiger partial charge is 0.481 e. The van der Waals surface area contributed by atoms with Crippen LogP contribution in [0.5, 0.6) is 0 Å². The van der Waals surface area contributed by atoms with Crippen molar-refractivity contribution in [1.82, 2.24) is 0 Å². The summed E-state index contributed by atoms with van der Waals surface area (Å²) in [6.07, 6.45) is 12.6. The second-order valence-electron chi connectivity index (χ2n) is 15.1. The predicted octanol–water partition coefficient (Wildman–Crippen LogP) is 7.23. The Morgan fingerprint density at radius 2 is 1.55 bits per heavy atom. The third kappa shape index (κ3) is 2.87. The lowest BCUT2D eigenvalue weighted by atomic mass is 9.33. The van der Waals surface area contributed by atoms with E-state index in [1.807, 2.05) is 0 Å². The van der Waals surface area contributed by atoms with Crippen molar-refractivity contribution in [2.24, 2.45) is 50.2 Å². The highest BCUT2D eigenvalue weighted by molar-refractivity contribution is 5.81. The zero-order chi connectivity index (χ0) is 24.2. The molecule has 5 rings (SSSR count). The fraction of sp³-hybridized carbons (Fsp3) is 0.900. The fourth-order valence-electron chi connectivity index (χ4n) is 10.6. The number of aliphatic hydroxyl groups is 1. The van der Waals surface area contributed by atoms with Crippen LogP contribution in [0, 0.1) is 50.2 Å². The zero-order valence-corrected chi connectivity index (χ0v) is 22.3. The average molecular weight is 457 g/mol. The predicted molar refractivity (Wildman–Crippen MR) is 133 cm³/mol. The van der Waals surface area contributed by atoms with Gasteiger partial charge in [0.25, 0.3) is 0 Å². The summed E-state index contributed by atoms with van der Waals surface area (Å²) in [5.74, 6) is 0.675. The topological polar surface area (TPSA) is 57.5 Å². The third-order valence-corrected chi connectivity index (χ3v) is 12.9. The van der Waals surface area contributed by atoms with Crippen LogP contribution in [0.3, 0.4) is 0 Å². The number of carboxylic acids is 1. The Balaban J connectivity index is 1.64. The van der Waals surface area contributed by atoms with E-state index in [1.54, 1.807) is 0 Å². The SMILES string of the molecule is CC1(C)CC[C@]2(C)CC[C@]3(C(=O)O)C(=CC[C@H]4[C@@]5(C)CC[C@H](O)C(C)(C)[C@H]5CC[C@]43C)[C@@H]2C1. The van der Waals surface area contributed by atoms with Gasteiger partial charge in [0.2, 0.25) is 0 Å². The van der Waals surface area contributed by atoms with Crippen LogP contribution in [-0.2, 0) is 4.79 Å². The first kappa shape index (κ1) is 23.9. The number of carbonyl (C=O) groups is 1. The van der Waals surface area contributed by atoms with Crippen LogP contribution in [0.1, 0.15) is 113 Å². The molecule has 5 aliphatic carbocycles. The van der Waals surface area contributed by atoms with Crippen LogP contribution in [0.15, 0.2) is 11.6 Å². The average Bonchev–Trinajstić information content (AvgIpc) is 2.71. The Morgan fingerprint density at radius 1 is 0.879 bits per heavy atom. The lowest BCUT2D eigenvalue weighted by Crippen LogP contribution is -2.66. The molecule has 0 amide bonds. The number of fused-ring (bicyclic) bond motifs is 7. The number of aliphatic carboxylic acids is 1. The van der Waals surface area contributed by atoms with Gasteiger partial charge in [-0.15, -0.1) is 0 Å². The molecule has 3 nitrogen and oxygen atoms in total. The summed E-state index contributed by atoms with van der Waals surface area (Å²) in [5.41, 5.74) is 0.906. The van der Waals surface area contributed by atoms with Gasteiger partial charge in [0.1, 0.15) is 0 Å². The van der Waals surface area contributed by atoms with E-state index in [2.05, 4.69) is 54.5 Å². The van der Waals surface area contributed by atoms with Gasteiger partial charge in [-0.25, -0.2) is 0 Å². The number of allylic oxidation sites excluding steroid dienone is 1. The molecule has 8 atom stereocenters. The molecule has 33 heavy (non-hydrogen) atoms. The van der Waals surface area contributed by atoms with E-state index >= 15 is 0 Å². The molecule has 0 radical (unpaired) electrons. The van der Waals surface area contributed by atoms with Crippen LogP contribution in [-0.4, -0.2) is 22.3 Å². The Hall–Kier alpha value is -0.830. The molecule has 3 heteroatoms. The van der Waals surface area contributed by atoms with Crippen LogP contribution in [0.25, 0.3) is 0 Å². The highest BCUT2D eigenvalue weighted by atomic mass is 16.4. The first-order valence-corrected chi connectivity index (χ1v) is 13.8. The number of hydrogen-bond acceptors (Lipinski definition) is 2. The van der Waals surface area contributed by atoms with Gasteiger partial charge >= 0.3 is 5.97 Å². The quantitative estimate of drug-likeness (QED) is 0.409. The molecular weight excluding hydrogens is 408 g/mol. The standard InChI is InChI=1S/C30H48O3/c1-25(2)14-15-27(5)16-17-30(24(32)33)19(20(27)18-25)8-9-22-28(6)12-11-23(31)26(3,4)21(28)10-13-29(22,30)7/h8,20-23,31H,9-18H2,1-7H3,(H,32,33)/t20-,21+,22-,23-,27+,28-,29+,30+/m0/s1. The second kappa shape index (κ2) is 6.89. The first-order valence-electron chi connectivity index (χ1n) is 13.8. The molecule has 0 bridgehead atoms. The van der Waals surface area contributed by atoms with E-state index in [-0.39, 0.29) is 33.2 Å². The molecule has 0 aromatic rings. The molecule has 0 aromatic carbocycles. The van der Waals surface area contributed by atoms with E-state index in [0.29, 0.717) is 17.8 Å². The van der Waals surface area contributed by atoms with Gasteiger partial charge in [0.05, 0.1) is 11.5 Å². The number of carboxylic acid groups (broad SMARTS) is 1. The van der Waals surface area contributed by atoms with Crippen molar-refractivity contribution in [3.8, 4) is 0 Å². The minimum absolute atomic E-state index is 0.0901. The van der Waals surface area contributed by atoms with Gasteiger partial charge in [0, 0.05) is 0 Å². The molecule has 0 spiro atoms. The van der Waals surface area contributed by atoms with Gasteiger partial charge in [-0.3, -0.25) is 4.79 Å². The molecule has 4 fully saturated rings. The molecule has 5 aliphatic rings. The molecule has 0 aliphatic heterocycles. The summed E-state index contributed by atoms with van der Waals surface area (Å²) in [5, 5.41) is 22.0. The molecule has 186 valence electrons. The summed E-state index contributed by atoms with van der Waals surface area (Å²) < 4.78 is 0. The van der Waals surface area contributed by atoms with Crippen molar-refractivity contribution >= 4 is 5.97 Å². The summed E-state index contributed by atoms with van der Waals surface area (Å²) in [6, 6.07) is 0. The van der Waals surface area contributed by atoms with Gasteiger partial charge in [-0.1, -0.05) is 60.1 Å². The van der Waals surface area contributed by atoms with Crippen molar-refractivity contribution < 1.29 is 15.0 Å². The Morgan fingerprint density at radius 3 is 2.21 bits per heavy atom. The van der Waals surface area contributed by atoms with Gasteiger partial charge in [-0.2, -0.15) is 0 Å². The van der Waals surface area contributed by atoms with E-state index in [0.717, 1.165) is 51.4 Å². The summed E-state index contributed by atoms with van der Waals surface area (Å²) >= 11 is 0. The highest BCUT2D eigenvalue weighted by Crippen LogP contribution is 2.75. The summed E-state index contributed by atoms with van der Waals surface area (Å²) in [4.78, 5) is 13.5. The molecule has 0 heterocycles. The van der Waals surface area contributed by atoms with E-state index in [4.69, 9.17) is 0 Å². The first-order chi connectivity index (χ1) is 15.1. The van der Waals surface area contributed by atoms with Gasteiger partial charge in [-0.05, 0) is 109 Å². The van der Waals surface area contributed by atoms with Crippen molar-refractivity contribution in [2.45, 2.75) is 119 Å². The molecule has 0 aromatic heterocycles. The smallest absolute Gasteiger partial charge is 0.314 e. The molecule has 0 unspecified atom stereocenters. The van der Waals surface area contributed by atoms with Crippen molar-refractivity contribution in [3.63, 3.8) is 0 Å². The maximum Gasteiger partial charge on any atom is 0.314 e. The molecule has 4 saturated carbocycles. The number of rotatable bonds is 1. The Kier molecular flexibility index (Phi) is 4.99. The summed E-state index contributed by atoms with van der Waals surface area (Å²) in [7, 11) is 0. The second-order valence-corrected chi connectivity index (χ2v) is 15.1. The fourth-order valence-corrected chi connectivity index (χ4v) is 10.6. The Bertz CT molecular complexity index is 885. The number of aliphatic hydroxyl groups excluding tert-OH is 1. The summed E-state index contributed by atoms with van der Waals surface area (Å²) in [6.45, 7) is 16.6. The monoisotopic (exact) mass is 456 g/mol. The van der Waals surface area contributed by atoms with E-state index < -0.39 is 11.4 Å². The lowest BCUT2D eigenvalue weighted by Gasteiger charge is -2.70. The van der Waals surface area contributed by atoms with Gasteiger partial charge in [0.15, 0.2) is 0 Å². The zero-order valence-electron chi connectivity index (χ0n) is 22.3. The van der Waals surface area contributed by atoms with E-state index in [9.17, 15) is 15.0 Å². The van der Waals surface area contributed by atoms with Crippen LogP contribution < -0.4 is 0 Å². The normalized spacial score (nSPS) is 52.4. The minimum atomic E-state index is -0.721. The molecule has 0 saturated heterocycles. The van der Waals surface area contributed by atoms with Crippen molar-refractivity contribution in [3.05, 3.63) is 11.6 Å². The van der Waals surface area contributed by atoms with Crippen molar-refractivity contribution in [2.75, 3.05) is 0 Å². The van der Waals surface area contributed by atoms with Crippen LogP contribution >= 0.6 is 0 Å². The van der Waals surface area contributed by atoms with Crippen molar-refractivity contribution in [1.29, 1.82) is 0 Å². The van der Waals surface area contributed by atoms with Crippen LogP contribution in [0.2, 0.25) is 0 Å². The maximum atomic E-state index is 13.5.